The summed E-state index contributed by atoms with van der Waals surface area (Å²) in [5, 5.41) is 2.53. The van der Waals surface area contributed by atoms with Gasteiger partial charge in [-0.15, -0.1) is 0 Å². The minimum atomic E-state index is -0.635. The molecule has 108 valence electrons. The minimum absolute atomic E-state index is 0.226. The van der Waals surface area contributed by atoms with Crippen LogP contribution in [-0.2, 0) is 9.47 Å². The number of rotatable bonds is 3. The number of methoxy groups -OCH3 is 1. The largest absolute Gasteiger partial charge is 0.465 e. The molecule has 0 spiro atoms. The van der Waals surface area contributed by atoms with Crippen molar-refractivity contribution in [3.63, 3.8) is 0 Å². The summed E-state index contributed by atoms with van der Waals surface area (Å²) in [4.78, 5) is 27.2. The molecule has 0 saturated carbocycles. The van der Waals surface area contributed by atoms with E-state index in [0.29, 0.717) is 11.4 Å². The van der Waals surface area contributed by atoms with Crippen LogP contribution in [-0.4, -0.2) is 29.8 Å². The zero-order chi connectivity index (χ0) is 15.3. The van der Waals surface area contributed by atoms with Crippen molar-refractivity contribution < 1.29 is 19.1 Å². The second-order valence-corrected chi connectivity index (χ2v) is 4.98. The van der Waals surface area contributed by atoms with E-state index in [9.17, 15) is 9.59 Å². The number of amides is 1. The zero-order valence-corrected chi connectivity index (χ0v) is 12.0. The Balaban J connectivity index is 3.00. The Morgan fingerprint density at radius 1 is 1.40 bits per heavy atom. The number of nitrogens with one attached hydrogen (secondary N) is 1. The van der Waals surface area contributed by atoms with Gasteiger partial charge < -0.3 is 9.47 Å². The Morgan fingerprint density at radius 3 is 2.55 bits per heavy atom. The van der Waals surface area contributed by atoms with Crippen LogP contribution in [0.4, 0.5) is 10.5 Å². The topological polar surface area (TPSA) is 77.5 Å². The van der Waals surface area contributed by atoms with Gasteiger partial charge in [-0.2, -0.15) is 0 Å². The molecule has 1 heterocycles. The minimum Gasteiger partial charge on any atom is -0.465 e. The maximum atomic E-state index is 11.7. The first-order valence-electron chi connectivity index (χ1n) is 5.97. The molecule has 20 heavy (non-hydrogen) atoms. The lowest BCUT2D eigenvalue weighted by Gasteiger charge is -2.20. The lowest BCUT2D eigenvalue weighted by atomic mass is 10.2. The van der Waals surface area contributed by atoms with E-state index < -0.39 is 17.7 Å². The molecule has 0 bridgehead atoms. The average molecular weight is 278 g/mol. The van der Waals surface area contributed by atoms with E-state index in [2.05, 4.69) is 21.6 Å². The molecule has 0 aliphatic carbocycles. The van der Waals surface area contributed by atoms with Crippen LogP contribution < -0.4 is 5.32 Å². The Bertz CT molecular complexity index is 532. The quantitative estimate of drug-likeness (QED) is 0.860. The van der Waals surface area contributed by atoms with Gasteiger partial charge in [0.15, 0.2) is 0 Å². The van der Waals surface area contributed by atoms with Crippen LogP contribution in [0.25, 0.3) is 6.08 Å². The highest BCUT2D eigenvalue weighted by Gasteiger charge is 2.18. The van der Waals surface area contributed by atoms with E-state index >= 15 is 0 Å². The van der Waals surface area contributed by atoms with Crippen LogP contribution in [0.1, 0.15) is 36.8 Å². The number of pyridine rings is 1. The van der Waals surface area contributed by atoms with Crippen LogP contribution in [0.3, 0.4) is 0 Å². The van der Waals surface area contributed by atoms with Gasteiger partial charge in [0, 0.05) is 6.20 Å². The van der Waals surface area contributed by atoms with Crippen LogP contribution in [0.2, 0.25) is 0 Å². The van der Waals surface area contributed by atoms with Crippen LogP contribution in [0, 0.1) is 0 Å². The van der Waals surface area contributed by atoms with E-state index in [0.717, 1.165) is 0 Å². The SMILES string of the molecule is C=Cc1ncc(C(=O)OC)cc1NC(=O)OC(C)(C)C. The molecule has 0 radical (unpaired) electrons. The van der Waals surface area contributed by atoms with Crippen LogP contribution >= 0.6 is 0 Å². The fraction of sp³-hybridized carbons (Fsp3) is 0.357. The van der Waals surface area contributed by atoms with Crippen molar-refractivity contribution in [2.24, 2.45) is 0 Å². The van der Waals surface area contributed by atoms with E-state index in [1.54, 1.807) is 20.8 Å². The maximum Gasteiger partial charge on any atom is 0.412 e. The summed E-state index contributed by atoms with van der Waals surface area (Å²) in [7, 11) is 1.27. The van der Waals surface area contributed by atoms with Crippen LogP contribution in [0.5, 0.6) is 0 Å². The second-order valence-electron chi connectivity index (χ2n) is 4.98. The number of ether oxygens (including phenoxy) is 2. The predicted octanol–water partition coefficient (Wildman–Crippen LogP) is 2.86. The van der Waals surface area contributed by atoms with Crippen molar-refractivity contribution in [2.45, 2.75) is 26.4 Å². The number of esters is 1. The van der Waals surface area contributed by atoms with Crippen molar-refractivity contribution in [3.8, 4) is 0 Å². The Labute approximate surface area is 117 Å². The van der Waals surface area contributed by atoms with Crippen LogP contribution in [0.15, 0.2) is 18.8 Å². The summed E-state index contributed by atoms with van der Waals surface area (Å²) in [6, 6.07) is 1.46. The first-order valence-corrected chi connectivity index (χ1v) is 5.97. The van der Waals surface area contributed by atoms with E-state index in [4.69, 9.17) is 4.74 Å². The highest BCUT2D eigenvalue weighted by Crippen LogP contribution is 2.18. The van der Waals surface area contributed by atoms with Gasteiger partial charge in [-0.25, -0.2) is 9.59 Å². The summed E-state index contributed by atoms with van der Waals surface area (Å²) in [5.41, 5.74) is 0.371. The monoisotopic (exact) mass is 278 g/mol. The summed E-state index contributed by atoms with van der Waals surface area (Å²) in [5.74, 6) is -0.541. The fourth-order valence-corrected chi connectivity index (χ4v) is 1.38. The molecule has 6 nitrogen and oxygen atoms in total. The normalized spacial score (nSPS) is 10.6. The van der Waals surface area contributed by atoms with Crippen molar-refractivity contribution >= 4 is 23.8 Å². The summed E-state index contributed by atoms with van der Waals surface area (Å²) < 4.78 is 9.74. The highest BCUT2D eigenvalue weighted by atomic mass is 16.6. The van der Waals surface area contributed by atoms with Gasteiger partial charge in [0.2, 0.25) is 0 Å². The number of hydrogen-bond acceptors (Lipinski definition) is 5. The van der Waals surface area contributed by atoms with Crippen molar-refractivity contribution in [2.75, 3.05) is 12.4 Å². The number of carbonyl (C=O) groups excluding carboxylic acids is 2. The van der Waals surface area contributed by atoms with Gasteiger partial charge in [0.05, 0.1) is 24.1 Å². The van der Waals surface area contributed by atoms with Gasteiger partial charge in [-0.05, 0) is 32.9 Å². The molecule has 0 aliphatic rings. The second kappa shape index (κ2) is 6.18. The molecule has 0 aromatic carbocycles. The summed E-state index contributed by atoms with van der Waals surface area (Å²) >= 11 is 0. The first kappa shape index (κ1) is 15.7. The van der Waals surface area contributed by atoms with Gasteiger partial charge in [0.1, 0.15) is 5.60 Å². The lowest BCUT2D eigenvalue weighted by molar-refractivity contribution is 0.0595. The number of carbonyl (C=O) groups is 2. The lowest BCUT2D eigenvalue weighted by Crippen LogP contribution is -2.27. The standard InChI is InChI=1S/C14H18N2O4/c1-6-10-11(16-13(18)20-14(2,3)4)7-9(8-15-10)12(17)19-5/h6-8H,1H2,2-5H3,(H,16,18). The molecule has 1 N–H and O–H groups in total. The average Bonchev–Trinajstić information content (AvgIpc) is 2.35. The number of anilines is 1. The van der Waals surface area contributed by atoms with Gasteiger partial charge in [-0.1, -0.05) is 6.58 Å². The third-order valence-electron chi connectivity index (χ3n) is 2.17. The zero-order valence-electron chi connectivity index (χ0n) is 12.0. The number of aromatic nitrogens is 1. The highest BCUT2D eigenvalue weighted by molar-refractivity contribution is 5.93. The van der Waals surface area contributed by atoms with Gasteiger partial charge in [0.25, 0.3) is 0 Å². The molecule has 0 unspecified atom stereocenters. The molecular formula is C14H18N2O4. The molecule has 0 fully saturated rings. The molecule has 0 aliphatic heterocycles. The molecule has 0 saturated heterocycles. The molecule has 1 aromatic heterocycles. The van der Waals surface area contributed by atoms with Crippen molar-refractivity contribution in [1.29, 1.82) is 0 Å². The third-order valence-corrected chi connectivity index (χ3v) is 2.17. The Kier molecular flexibility index (Phi) is 4.85. The molecule has 1 amide bonds. The smallest absolute Gasteiger partial charge is 0.412 e. The van der Waals surface area contributed by atoms with Crippen molar-refractivity contribution in [1.82, 2.24) is 4.98 Å². The molecule has 1 aromatic rings. The molecule has 6 heteroatoms. The van der Waals surface area contributed by atoms with Crippen molar-refractivity contribution in [3.05, 3.63) is 30.1 Å². The molecule has 1 rings (SSSR count). The third kappa shape index (κ3) is 4.38. The Hall–Kier alpha value is -2.37. The Morgan fingerprint density at radius 2 is 2.05 bits per heavy atom. The molecular weight excluding hydrogens is 260 g/mol. The molecule has 0 atom stereocenters. The summed E-state index contributed by atoms with van der Waals surface area (Å²) in [6.45, 7) is 8.86. The maximum absolute atomic E-state index is 11.7. The van der Waals surface area contributed by atoms with Gasteiger partial charge in [-0.3, -0.25) is 10.3 Å². The van der Waals surface area contributed by atoms with E-state index in [-0.39, 0.29) is 5.56 Å². The van der Waals surface area contributed by atoms with E-state index in [1.165, 1.54) is 25.4 Å². The fourth-order valence-electron chi connectivity index (χ4n) is 1.38. The summed E-state index contributed by atoms with van der Waals surface area (Å²) in [6.07, 6.45) is 2.18. The number of nitrogens with zero attached hydrogens (tertiary/aromatic N) is 1. The van der Waals surface area contributed by atoms with E-state index in [1.807, 2.05) is 0 Å². The predicted molar refractivity (Wildman–Crippen MR) is 75.5 cm³/mol. The van der Waals surface area contributed by atoms with Gasteiger partial charge >= 0.3 is 12.1 Å². The number of hydrogen-bond donors (Lipinski definition) is 1. The first-order chi connectivity index (χ1) is 9.26.